The molecule has 5 nitrogen and oxygen atoms in total. The lowest BCUT2D eigenvalue weighted by atomic mass is 9.68. The molecule has 1 aliphatic carbocycles. The third-order valence-corrected chi connectivity index (χ3v) is 3.81. The van der Waals surface area contributed by atoms with Crippen molar-refractivity contribution in [3.05, 3.63) is 35.4 Å². The van der Waals surface area contributed by atoms with Crippen LogP contribution in [-0.4, -0.2) is 23.5 Å². The van der Waals surface area contributed by atoms with Crippen molar-refractivity contribution in [1.82, 2.24) is 5.32 Å². The van der Waals surface area contributed by atoms with Gasteiger partial charge in [0.25, 0.3) is 0 Å². The predicted molar refractivity (Wildman–Crippen MR) is 70.6 cm³/mol. The molecule has 0 radical (unpaired) electrons. The molecule has 0 saturated heterocycles. The van der Waals surface area contributed by atoms with Crippen LogP contribution in [0.4, 0.5) is 0 Å². The van der Waals surface area contributed by atoms with Gasteiger partial charge in [-0.1, -0.05) is 18.6 Å². The Kier molecular flexibility index (Phi) is 3.85. The number of carboxylic acid groups (broad SMARTS) is 1. The topological polar surface area (TPSA) is 92.4 Å². The van der Waals surface area contributed by atoms with Gasteiger partial charge in [0.15, 0.2) is 0 Å². The summed E-state index contributed by atoms with van der Waals surface area (Å²) >= 11 is 0. The Morgan fingerprint density at radius 1 is 1.37 bits per heavy atom. The van der Waals surface area contributed by atoms with Crippen molar-refractivity contribution in [2.24, 2.45) is 11.1 Å². The van der Waals surface area contributed by atoms with E-state index in [1.165, 1.54) is 6.07 Å². The number of aromatic carboxylic acids is 1. The zero-order chi connectivity index (χ0) is 13.9. The summed E-state index contributed by atoms with van der Waals surface area (Å²) in [4.78, 5) is 22.9. The second-order valence-corrected chi connectivity index (χ2v) is 5.03. The fraction of sp³-hybridized carbons (Fsp3) is 0.429. The molecular formula is C14H18N2O3. The van der Waals surface area contributed by atoms with Crippen LogP contribution in [0.15, 0.2) is 24.3 Å². The number of carbonyl (C=O) groups is 2. The molecule has 1 aromatic rings. The van der Waals surface area contributed by atoms with Crippen LogP contribution in [0, 0.1) is 5.41 Å². The van der Waals surface area contributed by atoms with Crippen LogP contribution in [0.25, 0.3) is 0 Å². The highest BCUT2D eigenvalue weighted by molar-refractivity contribution is 5.88. The number of hydrogen-bond donors (Lipinski definition) is 3. The monoisotopic (exact) mass is 262 g/mol. The fourth-order valence-electron chi connectivity index (χ4n) is 2.31. The van der Waals surface area contributed by atoms with Crippen LogP contribution in [0.5, 0.6) is 0 Å². The number of rotatable bonds is 5. The molecule has 0 heterocycles. The molecule has 0 bridgehead atoms. The van der Waals surface area contributed by atoms with E-state index in [2.05, 4.69) is 5.32 Å². The van der Waals surface area contributed by atoms with Crippen LogP contribution < -0.4 is 11.1 Å². The fourth-order valence-corrected chi connectivity index (χ4v) is 2.31. The molecule has 1 aliphatic rings. The van der Waals surface area contributed by atoms with Crippen molar-refractivity contribution in [2.45, 2.75) is 25.8 Å². The lowest BCUT2D eigenvalue weighted by Gasteiger charge is -2.39. The molecule has 0 aromatic heterocycles. The van der Waals surface area contributed by atoms with E-state index in [0.29, 0.717) is 13.1 Å². The van der Waals surface area contributed by atoms with Crippen molar-refractivity contribution < 1.29 is 14.7 Å². The molecule has 0 unspecified atom stereocenters. The van der Waals surface area contributed by atoms with Crippen LogP contribution in [0.3, 0.4) is 0 Å². The molecule has 19 heavy (non-hydrogen) atoms. The lowest BCUT2D eigenvalue weighted by Crippen LogP contribution is -2.50. The molecule has 1 fully saturated rings. The molecule has 102 valence electrons. The maximum atomic E-state index is 12.1. The quantitative estimate of drug-likeness (QED) is 0.741. The second kappa shape index (κ2) is 5.40. The Bertz CT molecular complexity index is 490. The zero-order valence-corrected chi connectivity index (χ0v) is 10.7. The second-order valence-electron chi connectivity index (χ2n) is 5.03. The van der Waals surface area contributed by atoms with Gasteiger partial charge >= 0.3 is 5.97 Å². The van der Waals surface area contributed by atoms with E-state index < -0.39 is 11.4 Å². The highest BCUT2D eigenvalue weighted by Crippen LogP contribution is 2.40. The van der Waals surface area contributed by atoms with Gasteiger partial charge in [-0.05, 0) is 30.5 Å². The summed E-state index contributed by atoms with van der Waals surface area (Å²) in [5.41, 5.74) is 6.27. The van der Waals surface area contributed by atoms with Crippen LogP contribution >= 0.6 is 0 Å². The van der Waals surface area contributed by atoms with Crippen molar-refractivity contribution in [2.75, 3.05) is 6.54 Å². The minimum Gasteiger partial charge on any atom is -0.478 e. The number of benzene rings is 1. The number of amides is 1. The number of carboxylic acids is 1. The smallest absolute Gasteiger partial charge is 0.335 e. The van der Waals surface area contributed by atoms with E-state index >= 15 is 0 Å². The number of nitrogens with one attached hydrogen (secondary N) is 1. The average Bonchev–Trinajstić information content (AvgIpc) is 2.36. The largest absolute Gasteiger partial charge is 0.478 e. The van der Waals surface area contributed by atoms with Gasteiger partial charge in [0, 0.05) is 13.1 Å². The van der Waals surface area contributed by atoms with Crippen molar-refractivity contribution >= 4 is 11.9 Å². The van der Waals surface area contributed by atoms with Gasteiger partial charge < -0.3 is 16.2 Å². The molecule has 0 aliphatic heterocycles. The first-order chi connectivity index (χ1) is 9.07. The van der Waals surface area contributed by atoms with E-state index in [-0.39, 0.29) is 11.5 Å². The molecule has 5 heteroatoms. The van der Waals surface area contributed by atoms with Crippen molar-refractivity contribution in [3.8, 4) is 0 Å². The number of hydrogen-bond acceptors (Lipinski definition) is 3. The molecule has 0 atom stereocenters. The third kappa shape index (κ3) is 2.76. The maximum Gasteiger partial charge on any atom is 0.335 e. The van der Waals surface area contributed by atoms with E-state index in [1.54, 1.807) is 18.2 Å². The molecule has 4 N–H and O–H groups in total. The minimum atomic E-state index is -0.967. The SMILES string of the molecule is NCC1(C(=O)NCc2cccc(C(=O)O)c2)CCC1. The lowest BCUT2D eigenvalue weighted by molar-refractivity contribution is -0.135. The highest BCUT2D eigenvalue weighted by Gasteiger charge is 2.42. The van der Waals surface area contributed by atoms with Gasteiger partial charge in [-0.3, -0.25) is 4.79 Å². The zero-order valence-electron chi connectivity index (χ0n) is 10.7. The predicted octanol–water partition coefficient (Wildman–Crippen LogP) is 1.13. The van der Waals surface area contributed by atoms with Gasteiger partial charge in [0.05, 0.1) is 11.0 Å². The third-order valence-electron chi connectivity index (χ3n) is 3.81. The van der Waals surface area contributed by atoms with Crippen LogP contribution in [0.2, 0.25) is 0 Å². The van der Waals surface area contributed by atoms with Gasteiger partial charge in [-0.2, -0.15) is 0 Å². The Hall–Kier alpha value is -1.88. The molecule has 0 spiro atoms. The van der Waals surface area contributed by atoms with E-state index in [4.69, 9.17) is 10.8 Å². The van der Waals surface area contributed by atoms with Gasteiger partial charge in [-0.25, -0.2) is 4.79 Å². The Morgan fingerprint density at radius 2 is 2.11 bits per heavy atom. The standard InChI is InChI=1S/C14H18N2O3/c15-9-14(5-2-6-14)13(19)16-8-10-3-1-4-11(7-10)12(17)18/h1,3-4,7H,2,5-6,8-9,15H2,(H,16,19)(H,17,18). The first kappa shape index (κ1) is 13.5. The summed E-state index contributed by atoms with van der Waals surface area (Å²) in [5, 5.41) is 11.7. The Labute approximate surface area is 111 Å². The first-order valence-corrected chi connectivity index (χ1v) is 6.38. The maximum absolute atomic E-state index is 12.1. The van der Waals surface area contributed by atoms with Gasteiger partial charge in [-0.15, -0.1) is 0 Å². The highest BCUT2D eigenvalue weighted by atomic mass is 16.4. The molecular weight excluding hydrogens is 244 g/mol. The normalized spacial score (nSPS) is 16.5. The van der Waals surface area contributed by atoms with Gasteiger partial charge in [0.2, 0.25) is 5.91 Å². The van der Waals surface area contributed by atoms with Crippen molar-refractivity contribution in [3.63, 3.8) is 0 Å². The number of nitrogens with two attached hydrogens (primary N) is 1. The Morgan fingerprint density at radius 3 is 2.63 bits per heavy atom. The first-order valence-electron chi connectivity index (χ1n) is 6.38. The summed E-state index contributed by atoms with van der Waals surface area (Å²) < 4.78 is 0. The van der Waals surface area contributed by atoms with Crippen molar-refractivity contribution in [1.29, 1.82) is 0 Å². The van der Waals surface area contributed by atoms with E-state index in [9.17, 15) is 9.59 Å². The van der Waals surface area contributed by atoms with E-state index in [1.807, 2.05) is 0 Å². The van der Waals surface area contributed by atoms with E-state index in [0.717, 1.165) is 24.8 Å². The minimum absolute atomic E-state index is 0.0259. The summed E-state index contributed by atoms with van der Waals surface area (Å²) in [5.74, 6) is -0.993. The number of carbonyl (C=O) groups excluding carboxylic acids is 1. The summed E-state index contributed by atoms with van der Waals surface area (Å²) in [7, 11) is 0. The average molecular weight is 262 g/mol. The Balaban J connectivity index is 1.97. The molecule has 1 saturated carbocycles. The summed E-state index contributed by atoms with van der Waals surface area (Å²) in [6, 6.07) is 6.56. The molecule has 2 rings (SSSR count). The van der Waals surface area contributed by atoms with Crippen LogP contribution in [0.1, 0.15) is 35.2 Å². The van der Waals surface area contributed by atoms with Crippen LogP contribution in [-0.2, 0) is 11.3 Å². The molecule has 1 amide bonds. The summed E-state index contributed by atoms with van der Waals surface area (Å²) in [6.45, 7) is 0.704. The summed E-state index contributed by atoms with van der Waals surface area (Å²) in [6.07, 6.45) is 2.72. The molecule has 1 aromatic carbocycles. The van der Waals surface area contributed by atoms with Gasteiger partial charge in [0.1, 0.15) is 0 Å².